The molecule has 3 aromatic rings. The van der Waals surface area contributed by atoms with Crippen molar-refractivity contribution in [1.29, 1.82) is 0 Å². The van der Waals surface area contributed by atoms with E-state index >= 15 is 0 Å². The van der Waals surface area contributed by atoms with Crippen molar-refractivity contribution in [1.82, 2.24) is 14.7 Å². The number of halogens is 1. The number of hydrogen-bond donors (Lipinski definition) is 1. The Kier molecular flexibility index (Phi) is 7.51. The molecule has 0 saturated carbocycles. The lowest BCUT2D eigenvalue weighted by Crippen LogP contribution is -2.42. The first-order valence-electron chi connectivity index (χ1n) is 11.4. The van der Waals surface area contributed by atoms with Gasteiger partial charge in [0, 0.05) is 17.5 Å². The van der Waals surface area contributed by atoms with Crippen LogP contribution in [0.4, 0.5) is 5.82 Å². The van der Waals surface area contributed by atoms with Gasteiger partial charge in [-0.15, -0.1) is 0 Å². The van der Waals surface area contributed by atoms with Gasteiger partial charge in [0.05, 0.1) is 22.0 Å². The average molecular weight is 481 g/mol. The molecule has 1 N–H and O–H groups in total. The highest BCUT2D eigenvalue weighted by Crippen LogP contribution is 2.28. The number of rotatable bonds is 6. The summed E-state index contributed by atoms with van der Waals surface area (Å²) >= 11 is 6.24. The van der Waals surface area contributed by atoms with Gasteiger partial charge in [-0.2, -0.15) is 5.10 Å². The summed E-state index contributed by atoms with van der Waals surface area (Å²) in [6.07, 6.45) is 0. The van der Waals surface area contributed by atoms with Gasteiger partial charge >= 0.3 is 0 Å². The second-order valence-electron chi connectivity index (χ2n) is 9.85. The van der Waals surface area contributed by atoms with Gasteiger partial charge in [-0.05, 0) is 57.0 Å². The van der Waals surface area contributed by atoms with Gasteiger partial charge in [0.2, 0.25) is 5.91 Å². The third kappa shape index (κ3) is 5.50. The van der Waals surface area contributed by atoms with E-state index in [-0.39, 0.29) is 29.8 Å². The second-order valence-corrected chi connectivity index (χ2v) is 10.3. The molecule has 2 aromatic carbocycles. The van der Waals surface area contributed by atoms with Crippen LogP contribution in [-0.4, -0.2) is 39.1 Å². The topological polar surface area (TPSA) is 67.2 Å². The van der Waals surface area contributed by atoms with E-state index in [2.05, 4.69) is 26.1 Å². The van der Waals surface area contributed by atoms with Crippen LogP contribution in [0.25, 0.3) is 5.69 Å². The maximum absolute atomic E-state index is 13.2. The van der Waals surface area contributed by atoms with Gasteiger partial charge in [-0.25, -0.2) is 4.68 Å². The van der Waals surface area contributed by atoms with Gasteiger partial charge in [0.1, 0.15) is 12.4 Å². The molecule has 0 saturated heterocycles. The Balaban J connectivity index is 1.92. The maximum Gasteiger partial charge on any atom is 0.256 e. The van der Waals surface area contributed by atoms with Crippen LogP contribution in [0.2, 0.25) is 5.02 Å². The van der Waals surface area contributed by atoms with Crippen molar-refractivity contribution in [3.63, 3.8) is 0 Å². The Morgan fingerprint density at radius 3 is 2.38 bits per heavy atom. The third-order valence-corrected chi connectivity index (χ3v) is 6.18. The van der Waals surface area contributed by atoms with Crippen LogP contribution in [0.5, 0.6) is 0 Å². The minimum Gasteiger partial charge on any atom is -0.327 e. The molecule has 7 heteroatoms. The summed E-state index contributed by atoms with van der Waals surface area (Å²) in [4.78, 5) is 27.8. The van der Waals surface area contributed by atoms with E-state index in [0.717, 1.165) is 22.5 Å². The summed E-state index contributed by atoms with van der Waals surface area (Å²) in [7, 11) is 0. The van der Waals surface area contributed by atoms with E-state index in [4.69, 9.17) is 16.7 Å². The molecule has 6 nitrogen and oxygen atoms in total. The predicted molar refractivity (Wildman–Crippen MR) is 138 cm³/mol. The van der Waals surface area contributed by atoms with Gasteiger partial charge in [0.25, 0.3) is 5.91 Å². The summed E-state index contributed by atoms with van der Waals surface area (Å²) in [5.41, 5.74) is 4.15. The molecule has 34 heavy (non-hydrogen) atoms. The number of nitrogens with zero attached hydrogens (tertiary/aromatic N) is 3. The van der Waals surface area contributed by atoms with Crippen molar-refractivity contribution in [2.45, 2.75) is 59.9 Å². The molecule has 0 atom stereocenters. The Morgan fingerprint density at radius 1 is 1.09 bits per heavy atom. The van der Waals surface area contributed by atoms with Crippen LogP contribution in [-0.2, 0) is 10.2 Å². The van der Waals surface area contributed by atoms with Crippen LogP contribution >= 0.6 is 11.6 Å². The fourth-order valence-corrected chi connectivity index (χ4v) is 3.82. The number of aromatic nitrogens is 2. The van der Waals surface area contributed by atoms with E-state index in [9.17, 15) is 9.59 Å². The molecule has 1 heterocycles. The second kappa shape index (κ2) is 10.0. The van der Waals surface area contributed by atoms with Crippen LogP contribution < -0.4 is 5.32 Å². The van der Waals surface area contributed by atoms with E-state index in [1.54, 1.807) is 28.9 Å². The Labute approximate surface area is 206 Å². The van der Waals surface area contributed by atoms with Crippen LogP contribution in [0.15, 0.2) is 48.5 Å². The minimum atomic E-state index is -0.305. The first kappa shape index (κ1) is 25.5. The SMILES string of the molecule is Cc1cccc(-n2nc(C(C)(C)C)cc2NC(=O)CN(C(=O)c2ccccc2Cl)C(C)C)c1C. The zero-order valence-corrected chi connectivity index (χ0v) is 21.7. The van der Waals surface area contributed by atoms with Gasteiger partial charge in [-0.3, -0.25) is 9.59 Å². The summed E-state index contributed by atoms with van der Waals surface area (Å²) in [6, 6.07) is 14.6. The normalized spacial score (nSPS) is 11.6. The molecule has 3 rings (SSSR count). The lowest BCUT2D eigenvalue weighted by atomic mass is 9.92. The van der Waals surface area contributed by atoms with Gasteiger partial charge in [-0.1, -0.05) is 56.6 Å². The van der Waals surface area contributed by atoms with Gasteiger partial charge < -0.3 is 10.2 Å². The number of carbonyl (C=O) groups excluding carboxylic acids is 2. The molecule has 2 amide bonds. The lowest BCUT2D eigenvalue weighted by molar-refractivity contribution is -0.117. The maximum atomic E-state index is 13.2. The Bertz CT molecular complexity index is 1210. The van der Waals surface area contributed by atoms with Gasteiger partial charge in [0.15, 0.2) is 0 Å². The summed E-state index contributed by atoms with van der Waals surface area (Å²) in [5.74, 6) is -0.0206. The molecular weight excluding hydrogens is 448 g/mol. The van der Waals surface area contributed by atoms with Crippen molar-refractivity contribution in [2.75, 3.05) is 11.9 Å². The predicted octanol–water partition coefficient (Wildman–Crippen LogP) is 5.93. The monoisotopic (exact) mass is 480 g/mol. The highest BCUT2D eigenvalue weighted by atomic mass is 35.5. The molecule has 0 aliphatic carbocycles. The van der Waals surface area contributed by atoms with Crippen LogP contribution in [0.1, 0.15) is 61.8 Å². The average Bonchev–Trinajstić information content (AvgIpc) is 3.17. The Hall–Kier alpha value is -3.12. The third-order valence-electron chi connectivity index (χ3n) is 5.85. The number of amides is 2. The molecule has 180 valence electrons. The van der Waals surface area contributed by atoms with Crippen LogP contribution in [0.3, 0.4) is 0 Å². The summed E-state index contributed by atoms with van der Waals surface area (Å²) < 4.78 is 1.77. The first-order chi connectivity index (χ1) is 15.9. The zero-order valence-electron chi connectivity index (χ0n) is 20.9. The number of benzene rings is 2. The molecular formula is C27H33ClN4O2. The molecule has 0 aliphatic heterocycles. The van der Waals surface area contributed by atoms with Crippen molar-refractivity contribution in [2.24, 2.45) is 0 Å². The lowest BCUT2D eigenvalue weighted by Gasteiger charge is -2.26. The molecule has 0 spiro atoms. The highest BCUT2D eigenvalue weighted by Gasteiger charge is 2.26. The van der Waals surface area contributed by atoms with Crippen molar-refractivity contribution in [3.05, 3.63) is 75.9 Å². The molecule has 0 radical (unpaired) electrons. The fraction of sp³-hybridized carbons (Fsp3) is 0.370. The minimum absolute atomic E-state index is 0.107. The van der Waals surface area contributed by atoms with Crippen molar-refractivity contribution >= 4 is 29.2 Å². The molecule has 0 fully saturated rings. The molecule has 1 aromatic heterocycles. The number of aryl methyl sites for hydroxylation is 1. The van der Waals surface area contributed by atoms with Crippen molar-refractivity contribution < 1.29 is 9.59 Å². The van der Waals surface area contributed by atoms with E-state index in [0.29, 0.717) is 16.4 Å². The first-order valence-corrected chi connectivity index (χ1v) is 11.8. The van der Waals surface area contributed by atoms with E-state index < -0.39 is 0 Å². The summed E-state index contributed by atoms with van der Waals surface area (Å²) in [5, 5.41) is 8.17. The smallest absolute Gasteiger partial charge is 0.256 e. The fourth-order valence-electron chi connectivity index (χ4n) is 3.60. The molecule has 0 aliphatic rings. The van der Waals surface area contributed by atoms with E-state index in [1.807, 2.05) is 52.0 Å². The van der Waals surface area contributed by atoms with Crippen molar-refractivity contribution in [3.8, 4) is 5.69 Å². The summed E-state index contributed by atoms with van der Waals surface area (Å²) in [6.45, 7) is 14.0. The molecule has 0 unspecified atom stereocenters. The largest absolute Gasteiger partial charge is 0.327 e. The number of anilines is 1. The quantitative estimate of drug-likeness (QED) is 0.475. The Morgan fingerprint density at radius 2 is 1.76 bits per heavy atom. The van der Waals surface area contributed by atoms with Crippen LogP contribution in [0, 0.1) is 13.8 Å². The number of hydrogen-bond acceptors (Lipinski definition) is 3. The zero-order chi connectivity index (χ0) is 25.2. The molecule has 0 bridgehead atoms. The highest BCUT2D eigenvalue weighted by molar-refractivity contribution is 6.33. The standard InChI is InChI=1S/C27H33ClN4O2/c1-17(2)31(26(34)20-12-8-9-13-21(20)28)16-25(33)29-24-15-23(27(5,6)7)30-32(24)22-14-10-11-18(3)19(22)4/h8-15,17H,16H2,1-7H3,(H,29,33). The number of nitrogens with one attached hydrogen (secondary N) is 1. The van der Waals surface area contributed by atoms with E-state index in [1.165, 1.54) is 4.90 Å². The number of carbonyl (C=O) groups is 2.